The Labute approximate surface area is 174 Å². The molecule has 0 fully saturated rings. The maximum atomic E-state index is 14.3. The van der Waals surface area contributed by atoms with Crippen molar-refractivity contribution in [3.63, 3.8) is 0 Å². The Bertz CT molecular complexity index is 1220. The molecule has 152 valence electrons. The normalized spacial score (nSPS) is 16.5. The van der Waals surface area contributed by atoms with Crippen molar-refractivity contribution in [2.75, 3.05) is 0 Å². The molecule has 0 amide bonds. The van der Waals surface area contributed by atoms with Crippen LogP contribution in [0.4, 0.5) is 10.1 Å². The summed E-state index contributed by atoms with van der Waals surface area (Å²) in [5.41, 5.74) is 1.85. The van der Waals surface area contributed by atoms with Crippen molar-refractivity contribution in [3.05, 3.63) is 69.1 Å². The second-order valence-corrected chi connectivity index (χ2v) is 7.94. The van der Waals surface area contributed by atoms with E-state index in [1.54, 1.807) is 18.5 Å². The number of pyridine rings is 1. The maximum Gasteiger partial charge on any atom is 0.272 e. The monoisotopic (exact) mass is 425 g/mol. The highest BCUT2D eigenvalue weighted by Gasteiger charge is 2.20. The van der Waals surface area contributed by atoms with Gasteiger partial charge in [0.1, 0.15) is 12.0 Å². The number of hydrogen-bond donors (Lipinski definition) is 0. The lowest BCUT2D eigenvalue weighted by Gasteiger charge is -2.10. The maximum absolute atomic E-state index is 14.3. The molecule has 1 atom stereocenters. The zero-order chi connectivity index (χ0) is 21.3. The molecule has 0 saturated carbocycles. The van der Waals surface area contributed by atoms with Gasteiger partial charge in [0.25, 0.3) is 5.69 Å². The standard InChI is InChI=1S/C21H16FN3O4S/c1-12-2-3-13(11-26)10-24-20(12)19-9-16-21(30-19)18(6-7-23-16)29-17-5-4-14(25(27)28)8-15(17)22/h4-12H,2-3H2,1H3. The molecular formula is C21H16FN3O4S. The molecule has 1 unspecified atom stereocenters. The largest absolute Gasteiger partial charge is 0.453 e. The van der Waals surface area contributed by atoms with Crippen LogP contribution >= 0.6 is 11.3 Å². The summed E-state index contributed by atoms with van der Waals surface area (Å²) in [7, 11) is 0. The summed E-state index contributed by atoms with van der Waals surface area (Å²) in [5.74, 6) is -0.376. The molecule has 0 saturated heterocycles. The number of aldehydes is 1. The van der Waals surface area contributed by atoms with Gasteiger partial charge in [0.2, 0.25) is 0 Å². The first-order chi connectivity index (χ1) is 14.5. The number of ether oxygens (including phenoxy) is 1. The molecule has 3 heterocycles. The van der Waals surface area contributed by atoms with E-state index in [0.717, 1.165) is 29.4 Å². The van der Waals surface area contributed by atoms with Crippen LogP contribution in [0.5, 0.6) is 11.5 Å². The number of hydrogen-bond acceptors (Lipinski definition) is 7. The predicted molar refractivity (Wildman–Crippen MR) is 112 cm³/mol. The van der Waals surface area contributed by atoms with Gasteiger partial charge in [-0.1, -0.05) is 6.92 Å². The number of thiophene rings is 1. The molecule has 9 heteroatoms. The predicted octanol–water partition coefficient (Wildman–Crippen LogP) is 5.44. The number of carbonyl (C=O) groups is 1. The second-order valence-electron chi connectivity index (χ2n) is 6.88. The van der Waals surface area contributed by atoms with E-state index < -0.39 is 10.7 Å². The van der Waals surface area contributed by atoms with Crippen LogP contribution in [0.2, 0.25) is 0 Å². The minimum Gasteiger partial charge on any atom is -0.453 e. The van der Waals surface area contributed by atoms with Gasteiger partial charge in [-0.15, -0.1) is 11.3 Å². The van der Waals surface area contributed by atoms with Crippen LogP contribution in [0.3, 0.4) is 0 Å². The Morgan fingerprint density at radius 3 is 2.87 bits per heavy atom. The molecule has 7 nitrogen and oxygen atoms in total. The summed E-state index contributed by atoms with van der Waals surface area (Å²) in [6.45, 7) is 2.06. The highest BCUT2D eigenvalue weighted by atomic mass is 32.1. The van der Waals surface area contributed by atoms with Crippen molar-refractivity contribution in [1.82, 2.24) is 4.98 Å². The molecule has 3 aromatic rings. The van der Waals surface area contributed by atoms with Crippen LogP contribution in [-0.4, -0.2) is 21.9 Å². The van der Waals surface area contributed by atoms with E-state index in [4.69, 9.17) is 4.74 Å². The van der Waals surface area contributed by atoms with E-state index in [1.807, 2.05) is 6.07 Å². The van der Waals surface area contributed by atoms with Crippen LogP contribution in [-0.2, 0) is 4.79 Å². The molecule has 0 N–H and O–H groups in total. The van der Waals surface area contributed by atoms with Gasteiger partial charge >= 0.3 is 0 Å². The van der Waals surface area contributed by atoms with Crippen LogP contribution in [0.25, 0.3) is 10.2 Å². The van der Waals surface area contributed by atoms with Gasteiger partial charge in [-0.05, 0) is 25.0 Å². The number of benzene rings is 1. The molecule has 0 bridgehead atoms. The smallest absolute Gasteiger partial charge is 0.272 e. The van der Waals surface area contributed by atoms with Crippen molar-refractivity contribution in [2.45, 2.75) is 19.8 Å². The lowest BCUT2D eigenvalue weighted by atomic mass is 9.97. The molecule has 0 aliphatic carbocycles. The van der Waals surface area contributed by atoms with E-state index in [1.165, 1.54) is 23.5 Å². The van der Waals surface area contributed by atoms with Crippen LogP contribution in [0, 0.1) is 21.8 Å². The van der Waals surface area contributed by atoms with Crippen LogP contribution < -0.4 is 4.74 Å². The summed E-state index contributed by atoms with van der Waals surface area (Å²) < 4.78 is 20.7. The quantitative estimate of drug-likeness (QED) is 0.308. The van der Waals surface area contributed by atoms with Gasteiger partial charge in [-0.2, -0.15) is 0 Å². The number of aromatic nitrogens is 1. The number of non-ortho nitro benzene ring substituents is 1. The van der Waals surface area contributed by atoms with Crippen molar-refractivity contribution in [2.24, 2.45) is 10.9 Å². The summed E-state index contributed by atoms with van der Waals surface area (Å²) >= 11 is 1.42. The zero-order valence-electron chi connectivity index (χ0n) is 15.9. The minimum atomic E-state index is -0.820. The topological polar surface area (TPSA) is 94.7 Å². The third kappa shape index (κ3) is 3.84. The first-order valence-electron chi connectivity index (χ1n) is 9.19. The number of nitrogens with zero attached hydrogens (tertiary/aromatic N) is 3. The summed E-state index contributed by atoms with van der Waals surface area (Å²) in [5, 5.41) is 10.8. The van der Waals surface area contributed by atoms with E-state index >= 15 is 0 Å². The summed E-state index contributed by atoms with van der Waals surface area (Å²) in [6.07, 6.45) is 5.47. The third-order valence-corrected chi connectivity index (χ3v) is 5.99. The third-order valence-electron chi connectivity index (χ3n) is 4.83. The number of rotatable bonds is 5. The SMILES string of the molecule is CC1CCC(C=O)=CN=C1c1cc2nccc(Oc3ccc([N+](=O)[O-])cc3F)c2s1. The molecule has 1 aliphatic heterocycles. The fraction of sp³-hybridized carbons (Fsp3) is 0.190. The van der Waals surface area contributed by atoms with Gasteiger partial charge in [0.15, 0.2) is 11.6 Å². The zero-order valence-corrected chi connectivity index (χ0v) is 16.7. The Balaban J connectivity index is 1.71. The average molecular weight is 425 g/mol. The Hall–Kier alpha value is -3.46. The highest BCUT2D eigenvalue weighted by Crippen LogP contribution is 2.37. The Morgan fingerprint density at radius 1 is 1.30 bits per heavy atom. The van der Waals surface area contributed by atoms with E-state index in [-0.39, 0.29) is 17.4 Å². The van der Waals surface area contributed by atoms with Crippen LogP contribution in [0.1, 0.15) is 24.6 Å². The molecule has 4 rings (SSSR count). The average Bonchev–Trinajstić information content (AvgIpc) is 3.07. The van der Waals surface area contributed by atoms with Crippen molar-refractivity contribution >= 4 is 39.2 Å². The molecule has 1 aliphatic rings. The lowest BCUT2D eigenvalue weighted by Crippen LogP contribution is -2.09. The summed E-state index contributed by atoms with van der Waals surface area (Å²) in [4.78, 5) is 31.0. The van der Waals surface area contributed by atoms with Crippen LogP contribution in [0.15, 0.2) is 53.3 Å². The second kappa shape index (κ2) is 8.11. The Kier molecular flexibility index (Phi) is 5.37. The number of nitro benzene ring substituents is 1. The van der Waals surface area contributed by atoms with E-state index in [9.17, 15) is 19.3 Å². The molecule has 2 aromatic heterocycles. The van der Waals surface area contributed by atoms with Crippen molar-refractivity contribution in [3.8, 4) is 11.5 Å². The van der Waals surface area contributed by atoms with E-state index in [2.05, 4.69) is 16.9 Å². The van der Waals surface area contributed by atoms with Gasteiger partial charge in [-0.3, -0.25) is 24.9 Å². The first kappa shape index (κ1) is 19.8. The van der Waals surface area contributed by atoms with E-state index in [0.29, 0.717) is 28.0 Å². The number of aliphatic imine (C=N–C) groups is 1. The van der Waals surface area contributed by atoms with Crippen molar-refractivity contribution < 1.29 is 18.8 Å². The number of carbonyl (C=O) groups excluding carboxylic acids is 1. The molecule has 0 radical (unpaired) electrons. The fourth-order valence-electron chi connectivity index (χ4n) is 3.19. The molecule has 0 spiro atoms. The van der Waals surface area contributed by atoms with Gasteiger partial charge in [0, 0.05) is 36.0 Å². The number of halogens is 1. The number of fused-ring (bicyclic) bond motifs is 1. The van der Waals surface area contributed by atoms with Gasteiger partial charge in [0.05, 0.1) is 31.8 Å². The minimum absolute atomic E-state index is 0.109. The fourth-order valence-corrected chi connectivity index (χ4v) is 4.36. The highest BCUT2D eigenvalue weighted by molar-refractivity contribution is 7.21. The number of allylic oxidation sites excluding steroid dienone is 1. The molecule has 1 aromatic carbocycles. The Morgan fingerprint density at radius 2 is 2.13 bits per heavy atom. The molecular weight excluding hydrogens is 409 g/mol. The lowest BCUT2D eigenvalue weighted by molar-refractivity contribution is -0.385. The van der Waals surface area contributed by atoms with Crippen molar-refractivity contribution in [1.29, 1.82) is 0 Å². The first-order valence-corrected chi connectivity index (χ1v) is 10.0. The van der Waals surface area contributed by atoms with Gasteiger partial charge in [-0.25, -0.2) is 4.39 Å². The van der Waals surface area contributed by atoms with Gasteiger partial charge < -0.3 is 4.74 Å². The number of nitro groups is 1. The summed E-state index contributed by atoms with van der Waals surface area (Å²) in [6, 6.07) is 6.76. The molecule has 30 heavy (non-hydrogen) atoms.